The molecule has 0 bridgehead atoms. The predicted molar refractivity (Wildman–Crippen MR) is 114 cm³/mol. The van der Waals surface area contributed by atoms with Gasteiger partial charge in [-0.05, 0) is 74.6 Å². The Hall–Kier alpha value is -1.77. The third kappa shape index (κ3) is 9.18. The first-order valence-electron chi connectivity index (χ1n) is 11.5. The Kier molecular flexibility index (Phi) is 9.64. The summed E-state index contributed by atoms with van der Waals surface area (Å²) in [4.78, 5) is 13.4. The van der Waals surface area contributed by atoms with Crippen LogP contribution in [0.2, 0.25) is 0 Å². The van der Waals surface area contributed by atoms with E-state index in [-0.39, 0.29) is 30.8 Å². The number of carboxylic acids is 1. The number of alkyl halides is 6. The second kappa shape index (κ2) is 11.6. The highest BCUT2D eigenvalue weighted by Crippen LogP contribution is 2.40. The Morgan fingerprint density at radius 3 is 2.21 bits per heavy atom. The van der Waals surface area contributed by atoms with E-state index in [1.165, 1.54) is 12.1 Å². The minimum absolute atomic E-state index is 0.0128. The number of rotatable bonds is 10. The topological polar surface area (TPSA) is 40.5 Å². The van der Waals surface area contributed by atoms with E-state index < -0.39 is 30.3 Å². The normalized spacial score (nSPS) is 21.4. The number of benzene rings is 1. The summed E-state index contributed by atoms with van der Waals surface area (Å²) in [5.41, 5.74) is -0.124. The zero-order chi connectivity index (χ0) is 24.8. The van der Waals surface area contributed by atoms with Gasteiger partial charge in [-0.25, -0.2) is 0 Å². The van der Waals surface area contributed by atoms with Gasteiger partial charge in [-0.15, -0.1) is 0 Å². The van der Waals surface area contributed by atoms with E-state index in [2.05, 4.69) is 4.90 Å². The zero-order valence-electron chi connectivity index (χ0n) is 19.1. The van der Waals surface area contributed by atoms with Gasteiger partial charge in [-0.3, -0.25) is 9.69 Å². The molecule has 0 aromatic heterocycles. The van der Waals surface area contributed by atoms with Gasteiger partial charge in [0, 0.05) is 24.9 Å². The van der Waals surface area contributed by atoms with Gasteiger partial charge in [0.25, 0.3) is 0 Å². The Balaban J connectivity index is 2.29. The van der Waals surface area contributed by atoms with Gasteiger partial charge < -0.3 is 5.11 Å². The Morgan fingerprint density at radius 2 is 1.70 bits per heavy atom. The van der Waals surface area contributed by atoms with Crippen molar-refractivity contribution in [3.05, 3.63) is 35.4 Å². The molecule has 2 rings (SSSR count). The fourth-order valence-corrected chi connectivity index (χ4v) is 4.69. The molecule has 0 unspecified atom stereocenters. The average Bonchev–Trinajstić information content (AvgIpc) is 2.69. The highest BCUT2D eigenvalue weighted by Gasteiger charge is 2.36. The number of carboxylic acid groups (broad SMARTS) is 1. The van der Waals surface area contributed by atoms with Crippen LogP contribution in [0.3, 0.4) is 0 Å². The van der Waals surface area contributed by atoms with Gasteiger partial charge in [-0.1, -0.05) is 26.0 Å². The van der Waals surface area contributed by atoms with Crippen LogP contribution in [0.15, 0.2) is 24.3 Å². The molecule has 3 nitrogen and oxygen atoms in total. The number of likely N-dealkylation sites (tertiary alicyclic amines) is 1. The van der Waals surface area contributed by atoms with Crippen molar-refractivity contribution in [2.45, 2.75) is 89.7 Å². The zero-order valence-corrected chi connectivity index (χ0v) is 19.1. The van der Waals surface area contributed by atoms with Crippen molar-refractivity contribution in [2.24, 2.45) is 11.8 Å². The van der Waals surface area contributed by atoms with Crippen molar-refractivity contribution in [1.29, 1.82) is 0 Å². The first-order chi connectivity index (χ1) is 15.3. The monoisotopic (exact) mass is 481 g/mol. The molecule has 1 aliphatic heterocycles. The maximum Gasteiger partial charge on any atom is 0.416 e. The summed E-state index contributed by atoms with van der Waals surface area (Å²) < 4.78 is 77.3. The Labute approximate surface area is 191 Å². The van der Waals surface area contributed by atoms with Crippen LogP contribution in [0.4, 0.5) is 26.3 Å². The van der Waals surface area contributed by atoms with Gasteiger partial charge >= 0.3 is 18.3 Å². The van der Waals surface area contributed by atoms with Crippen molar-refractivity contribution < 1.29 is 36.2 Å². The fraction of sp³-hybridized carbons (Fsp3) is 0.708. The van der Waals surface area contributed by atoms with E-state index in [1.54, 1.807) is 0 Å². The standard InChI is InChI=1S/C24H33F6NO2/c1-16(2)5-10-20(4-3-12-23(25,26)27)31-13-11-17(15-22(32)33)14-21(31)18-6-8-19(9-7-18)24(28,29)30/h6-9,16-17,20-21H,3-5,10-15H2,1-2H3,(H,32,33)/t17-,20+,21+/m1/s1. The van der Waals surface area contributed by atoms with Crippen molar-refractivity contribution in [1.82, 2.24) is 4.90 Å². The molecule has 1 aromatic carbocycles. The minimum atomic E-state index is -4.46. The van der Waals surface area contributed by atoms with Crippen LogP contribution in [0.25, 0.3) is 0 Å². The van der Waals surface area contributed by atoms with E-state index in [0.717, 1.165) is 18.6 Å². The molecule has 0 aliphatic carbocycles. The van der Waals surface area contributed by atoms with Crippen LogP contribution in [-0.4, -0.2) is 34.7 Å². The molecule has 1 fully saturated rings. The third-order valence-electron chi connectivity index (χ3n) is 6.38. The smallest absolute Gasteiger partial charge is 0.416 e. The molecule has 3 atom stereocenters. The SMILES string of the molecule is CC(C)CC[C@H](CCCC(F)(F)F)N1CC[C@@H](CC(=O)O)C[C@H]1c1ccc(C(F)(F)F)cc1. The molecule has 9 heteroatoms. The number of nitrogens with zero attached hydrogens (tertiary/aromatic N) is 1. The minimum Gasteiger partial charge on any atom is -0.481 e. The van der Waals surface area contributed by atoms with Gasteiger partial charge in [0.15, 0.2) is 0 Å². The van der Waals surface area contributed by atoms with Crippen LogP contribution in [0.1, 0.15) is 82.4 Å². The number of hydrogen-bond donors (Lipinski definition) is 1. The maximum atomic E-state index is 13.0. The highest BCUT2D eigenvalue weighted by atomic mass is 19.4. The lowest BCUT2D eigenvalue weighted by Crippen LogP contribution is -2.44. The van der Waals surface area contributed by atoms with E-state index in [9.17, 15) is 36.2 Å². The van der Waals surface area contributed by atoms with Crippen LogP contribution in [0, 0.1) is 11.8 Å². The van der Waals surface area contributed by atoms with Crippen LogP contribution in [0.5, 0.6) is 0 Å². The second-order valence-corrected chi connectivity index (χ2v) is 9.49. The molecular weight excluding hydrogens is 448 g/mol. The Morgan fingerprint density at radius 1 is 1.06 bits per heavy atom. The van der Waals surface area contributed by atoms with Crippen molar-refractivity contribution in [3.63, 3.8) is 0 Å². The largest absolute Gasteiger partial charge is 0.481 e. The summed E-state index contributed by atoms with van der Waals surface area (Å²) in [5, 5.41) is 9.22. The van der Waals surface area contributed by atoms with Crippen molar-refractivity contribution in [2.75, 3.05) is 6.54 Å². The van der Waals surface area contributed by atoms with Crippen LogP contribution in [-0.2, 0) is 11.0 Å². The van der Waals surface area contributed by atoms with Crippen molar-refractivity contribution in [3.8, 4) is 0 Å². The molecule has 188 valence electrons. The molecule has 33 heavy (non-hydrogen) atoms. The number of carbonyl (C=O) groups is 1. The molecule has 0 radical (unpaired) electrons. The molecule has 1 aromatic rings. The summed E-state index contributed by atoms with van der Waals surface area (Å²) in [6.45, 7) is 4.59. The molecular formula is C24H33F6NO2. The van der Waals surface area contributed by atoms with Crippen molar-refractivity contribution >= 4 is 5.97 Å². The summed E-state index contributed by atoms with van der Waals surface area (Å²) in [6.07, 6.45) is -6.70. The third-order valence-corrected chi connectivity index (χ3v) is 6.38. The maximum absolute atomic E-state index is 13.0. The van der Waals surface area contributed by atoms with Gasteiger partial charge in [-0.2, -0.15) is 26.3 Å². The first kappa shape index (κ1) is 27.5. The lowest BCUT2D eigenvalue weighted by atomic mass is 9.83. The quantitative estimate of drug-likeness (QED) is 0.353. The molecule has 0 amide bonds. The predicted octanol–water partition coefficient (Wildman–Crippen LogP) is 7.47. The summed E-state index contributed by atoms with van der Waals surface area (Å²) in [5.74, 6) is -0.697. The van der Waals surface area contributed by atoms with E-state index in [0.29, 0.717) is 43.7 Å². The molecule has 1 heterocycles. The number of piperidine rings is 1. The molecule has 0 spiro atoms. The van der Waals surface area contributed by atoms with Gasteiger partial charge in [0.05, 0.1) is 5.56 Å². The van der Waals surface area contributed by atoms with E-state index in [1.807, 2.05) is 13.8 Å². The summed E-state index contributed by atoms with van der Waals surface area (Å²) >= 11 is 0. The number of hydrogen-bond acceptors (Lipinski definition) is 2. The molecule has 1 N–H and O–H groups in total. The van der Waals surface area contributed by atoms with E-state index >= 15 is 0 Å². The highest BCUT2D eigenvalue weighted by molar-refractivity contribution is 5.67. The second-order valence-electron chi connectivity index (χ2n) is 9.49. The van der Waals surface area contributed by atoms with Crippen LogP contribution >= 0.6 is 0 Å². The number of aliphatic carboxylic acids is 1. The number of halogens is 6. The lowest BCUT2D eigenvalue weighted by molar-refractivity contribution is -0.139. The molecule has 1 aliphatic rings. The molecule has 0 saturated carbocycles. The first-order valence-corrected chi connectivity index (χ1v) is 11.5. The summed E-state index contributed by atoms with van der Waals surface area (Å²) in [7, 11) is 0. The fourth-order valence-electron chi connectivity index (χ4n) is 4.69. The van der Waals surface area contributed by atoms with Gasteiger partial charge in [0.2, 0.25) is 0 Å². The summed E-state index contributed by atoms with van der Waals surface area (Å²) in [6, 6.07) is 4.39. The average molecular weight is 482 g/mol. The molecule has 1 saturated heterocycles. The van der Waals surface area contributed by atoms with Gasteiger partial charge in [0.1, 0.15) is 0 Å². The lowest BCUT2D eigenvalue weighted by Gasteiger charge is -2.44. The van der Waals surface area contributed by atoms with E-state index in [4.69, 9.17) is 0 Å². The Bertz CT molecular complexity index is 745. The van der Waals surface area contributed by atoms with Crippen LogP contribution < -0.4 is 0 Å².